The Morgan fingerprint density at radius 3 is 3.00 bits per heavy atom. The molecule has 1 aromatic carbocycles. The van der Waals surface area contributed by atoms with Gasteiger partial charge in [-0.2, -0.15) is 0 Å². The molecule has 0 bridgehead atoms. The Morgan fingerprint density at radius 2 is 2.24 bits per heavy atom. The van der Waals surface area contributed by atoms with Crippen LogP contribution in [-0.4, -0.2) is 23.7 Å². The summed E-state index contributed by atoms with van der Waals surface area (Å²) in [6.07, 6.45) is 0. The van der Waals surface area contributed by atoms with Crippen molar-refractivity contribution >= 4 is 27.3 Å². The molecule has 0 saturated carbocycles. The molecule has 0 aliphatic heterocycles. The van der Waals surface area contributed by atoms with Gasteiger partial charge in [-0.1, -0.05) is 18.2 Å². The summed E-state index contributed by atoms with van der Waals surface area (Å²) in [5.41, 5.74) is 6.48. The number of hydrogen-bond acceptors (Lipinski definition) is 4. The number of aliphatic hydroxyl groups is 1. The van der Waals surface area contributed by atoms with Gasteiger partial charge in [-0.15, -0.1) is 11.3 Å². The SMILES string of the molecule is NC(CO)C(=O)NCc1csc2ccccc12. The highest BCUT2D eigenvalue weighted by molar-refractivity contribution is 7.17. The summed E-state index contributed by atoms with van der Waals surface area (Å²) >= 11 is 1.65. The first-order valence-electron chi connectivity index (χ1n) is 5.31. The number of amides is 1. The lowest BCUT2D eigenvalue weighted by molar-refractivity contribution is -0.123. The lowest BCUT2D eigenvalue weighted by atomic mass is 10.2. The zero-order chi connectivity index (χ0) is 12.3. The number of carbonyl (C=O) groups is 1. The van der Waals surface area contributed by atoms with Gasteiger partial charge in [0.1, 0.15) is 6.04 Å². The molecule has 0 aliphatic carbocycles. The van der Waals surface area contributed by atoms with Crippen LogP contribution in [-0.2, 0) is 11.3 Å². The van der Waals surface area contributed by atoms with Crippen molar-refractivity contribution in [3.8, 4) is 0 Å². The number of carbonyl (C=O) groups excluding carboxylic acids is 1. The molecule has 1 heterocycles. The zero-order valence-electron chi connectivity index (χ0n) is 9.22. The van der Waals surface area contributed by atoms with Crippen LogP contribution in [0.15, 0.2) is 29.6 Å². The summed E-state index contributed by atoms with van der Waals surface area (Å²) in [5.74, 6) is -0.331. The van der Waals surface area contributed by atoms with Crippen LogP contribution in [0.3, 0.4) is 0 Å². The molecule has 5 heteroatoms. The Balaban J connectivity index is 2.07. The Bertz CT molecular complexity index is 524. The number of nitrogens with two attached hydrogens (primary N) is 1. The average molecular weight is 250 g/mol. The van der Waals surface area contributed by atoms with Crippen molar-refractivity contribution in [1.82, 2.24) is 5.32 Å². The molecule has 1 amide bonds. The van der Waals surface area contributed by atoms with Gasteiger partial charge in [0.05, 0.1) is 6.61 Å². The Kier molecular flexibility index (Phi) is 3.73. The summed E-state index contributed by atoms with van der Waals surface area (Å²) in [5, 5.41) is 14.6. The monoisotopic (exact) mass is 250 g/mol. The second-order valence-corrected chi connectivity index (χ2v) is 4.68. The Morgan fingerprint density at radius 1 is 1.47 bits per heavy atom. The third-order valence-electron chi connectivity index (χ3n) is 2.55. The van der Waals surface area contributed by atoms with E-state index in [2.05, 4.69) is 5.32 Å². The highest BCUT2D eigenvalue weighted by Crippen LogP contribution is 2.25. The van der Waals surface area contributed by atoms with Crippen molar-refractivity contribution in [3.05, 3.63) is 35.2 Å². The first kappa shape index (κ1) is 12.0. The second-order valence-electron chi connectivity index (χ2n) is 3.76. The molecule has 0 spiro atoms. The number of hydrogen-bond donors (Lipinski definition) is 3. The first-order chi connectivity index (χ1) is 8.22. The van der Waals surface area contributed by atoms with Crippen LogP contribution in [0.25, 0.3) is 10.1 Å². The fourth-order valence-corrected chi connectivity index (χ4v) is 2.53. The average Bonchev–Trinajstić information content (AvgIpc) is 2.78. The number of fused-ring (bicyclic) bond motifs is 1. The van der Waals surface area contributed by atoms with Gasteiger partial charge < -0.3 is 16.2 Å². The summed E-state index contributed by atoms with van der Waals surface area (Å²) in [6.45, 7) is 0.104. The maximum Gasteiger partial charge on any atom is 0.239 e. The van der Waals surface area contributed by atoms with Gasteiger partial charge in [-0.05, 0) is 22.4 Å². The maximum atomic E-state index is 11.4. The molecule has 1 atom stereocenters. The molecule has 0 radical (unpaired) electrons. The summed E-state index contributed by atoms with van der Waals surface area (Å²) < 4.78 is 1.20. The van der Waals surface area contributed by atoms with Crippen molar-refractivity contribution in [2.24, 2.45) is 5.73 Å². The van der Waals surface area contributed by atoms with Gasteiger partial charge in [-0.3, -0.25) is 4.79 Å². The number of nitrogens with one attached hydrogen (secondary N) is 1. The predicted octanol–water partition coefficient (Wildman–Crippen LogP) is 0.837. The molecule has 17 heavy (non-hydrogen) atoms. The standard InChI is InChI=1S/C12H14N2O2S/c13-10(6-15)12(16)14-5-8-7-17-11-4-2-1-3-9(8)11/h1-4,7,10,15H,5-6,13H2,(H,14,16). The van der Waals surface area contributed by atoms with E-state index in [4.69, 9.17) is 10.8 Å². The van der Waals surface area contributed by atoms with Crippen LogP contribution < -0.4 is 11.1 Å². The van der Waals surface area contributed by atoms with Gasteiger partial charge in [0.25, 0.3) is 0 Å². The minimum atomic E-state index is -0.847. The van der Waals surface area contributed by atoms with E-state index in [1.54, 1.807) is 11.3 Å². The van der Waals surface area contributed by atoms with Crippen LogP contribution >= 0.6 is 11.3 Å². The quantitative estimate of drug-likeness (QED) is 0.752. The summed E-state index contributed by atoms with van der Waals surface area (Å²) in [4.78, 5) is 11.4. The number of aliphatic hydroxyl groups excluding tert-OH is 1. The zero-order valence-corrected chi connectivity index (χ0v) is 10.0. The van der Waals surface area contributed by atoms with E-state index in [0.717, 1.165) is 10.9 Å². The molecular formula is C12H14N2O2S. The van der Waals surface area contributed by atoms with E-state index in [9.17, 15) is 4.79 Å². The molecule has 1 unspecified atom stereocenters. The normalized spacial score (nSPS) is 12.6. The fourth-order valence-electron chi connectivity index (χ4n) is 1.57. The topological polar surface area (TPSA) is 75.3 Å². The van der Waals surface area contributed by atoms with E-state index in [1.165, 1.54) is 4.70 Å². The Hall–Kier alpha value is -1.43. The van der Waals surface area contributed by atoms with Crippen LogP contribution in [0.2, 0.25) is 0 Å². The van der Waals surface area contributed by atoms with E-state index >= 15 is 0 Å². The molecule has 2 aromatic rings. The van der Waals surface area contributed by atoms with Crippen LogP contribution in [0.1, 0.15) is 5.56 Å². The van der Waals surface area contributed by atoms with Crippen molar-refractivity contribution in [2.45, 2.75) is 12.6 Å². The minimum Gasteiger partial charge on any atom is -0.394 e. The third-order valence-corrected chi connectivity index (χ3v) is 3.56. The maximum absolute atomic E-state index is 11.4. The molecule has 0 saturated heterocycles. The lowest BCUT2D eigenvalue weighted by Crippen LogP contribution is -2.42. The largest absolute Gasteiger partial charge is 0.394 e. The second kappa shape index (κ2) is 5.27. The fraction of sp³-hybridized carbons (Fsp3) is 0.250. The summed E-state index contributed by atoms with van der Waals surface area (Å²) in [6, 6.07) is 7.19. The molecule has 0 fully saturated rings. The van der Waals surface area contributed by atoms with Gasteiger partial charge in [0.2, 0.25) is 5.91 Å². The van der Waals surface area contributed by atoms with Crippen molar-refractivity contribution in [2.75, 3.05) is 6.61 Å². The van der Waals surface area contributed by atoms with E-state index < -0.39 is 6.04 Å². The van der Waals surface area contributed by atoms with Gasteiger partial charge in [-0.25, -0.2) is 0 Å². The highest BCUT2D eigenvalue weighted by atomic mass is 32.1. The minimum absolute atomic E-state index is 0.331. The molecular weight excluding hydrogens is 236 g/mol. The van der Waals surface area contributed by atoms with Crippen LogP contribution in [0.4, 0.5) is 0 Å². The predicted molar refractivity (Wildman–Crippen MR) is 68.7 cm³/mol. The van der Waals surface area contributed by atoms with E-state index in [0.29, 0.717) is 6.54 Å². The third kappa shape index (κ3) is 2.63. The molecule has 1 aromatic heterocycles. The van der Waals surface area contributed by atoms with Crippen molar-refractivity contribution in [3.63, 3.8) is 0 Å². The van der Waals surface area contributed by atoms with Crippen molar-refractivity contribution in [1.29, 1.82) is 0 Å². The number of benzene rings is 1. The molecule has 4 nitrogen and oxygen atoms in total. The van der Waals surface area contributed by atoms with Gasteiger partial charge in [0.15, 0.2) is 0 Å². The molecule has 90 valence electrons. The van der Waals surface area contributed by atoms with Gasteiger partial charge >= 0.3 is 0 Å². The molecule has 0 aliphatic rings. The smallest absolute Gasteiger partial charge is 0.239 e. The summed E-state index contributed by atoms with van der Waals surface area (Å²) in [7, 11) is 0. The molecule has 4 N–H and O–H groups in total. The highest BCUT2D eigenvalue weighted by Gasteiger charge is 2.12. The van der Waals surface area contributed by atoms with Crippen LogP contribution in [0.5, 0.6) is 0 Å². The van der Waals surface area contributed by atoms with Crippen molar-refractivity contribution < 1.29 is 9.90 Å². The molecule has 2 rings (SSSR count). The van der Waals surface area contributed by atoms with Crippen LogP contribution in [0, 0.1) is 0 Å². The van der Waals surface area contributed by atoms with E-state index in [-0.39, 0.29) is 12.5 Å². The number of thiophene rings is 1. The van der Waals surface area contributed by atoms with Gasteiger partial charge in [0, 0.05) is 11.2 Å². The first-order valence-corrected chi connectivity index (χ1v) is 6.19. The number of rotatable bonds is 4. The lowest BCUT2D eigenvalue weighted by Gasteiger charge is -2.08. The Labute approximate surface area is 103 Å². The van der Waals surface area contributed by atoms with E-state index in [1.807, 2.05) is 29.6 Å².